The van der Waals surface area contributed by atoms with Crippen molar-refractivity contribution in [2.24, 2.45) is 52.3 Å². The molecule has 0 spiro atoms. The molecule has 18 heteroatoms. The molecule has 0 unspecified atom stereocenters. The Bertz CT molecular complexity index is 1990. The van der Waals surface area contributed by atoms with E-state index in [2.05, 4.69) is 29.1 Å². The summed E-state index contributed by atoms with van der Waals surface area (Å²) in [4.78, 5) is 96.8. The van der Waals surface area contributed by atoms with E-state index >= 15 is 0 Å². The van der Waals surface area contributed by atoms with E-state index in [0.717, 1.165) is 23.7 Å². The zero-order valence-electron chi connectivity index (χ0n) is 53.7. The van der Waals surface area contributed by atoms with Gasteiger partial charge in [0.15, 0.2) is 57.9 Å². The maximum Gasteiger partial charge on any atom is 0.409 e. The molecule has 83 heavy (non-hydrogen) atoms. The molecule has 0 aromatic heterocycles. The van der Waals surface area contributed by atoms with Gasteiger partial charge in [0.05, 0.1) is 13.2 Å². The predicted molar refractivity (Wildman–Crippen MR) is 336 cm³/mol. The lowest BCUT2D eigenvalue weighted by atomic mass is 9.90. The number of ketones is 9. The Morgan fingerprint density at radius 1 is 0.602 bits per heavy atom. The lowest BCUT2D eigenvalue weighted by Crippen LogP contribution is -2.19. The van der Waals surface area contributed by atoms with Crippen LogP contribution in [0.4, 0.5) is 22.0 Å². The number of ether oxygens (including phenoxy) is 1. The number of methoxy groups -OCH3 is 1. The van der Waals surface area contributed by atoms with Crippen molar-refractivity contribution in [2.45, 2.75) is 157 Å². The van der Waals surface area contributed by atoms with Gasteiger partial charge in [0.2, 0.25) is 0 Å². The summed E-state index contributed by atoms with van der Waals surface area (Å²) in [6.07, 6.45) is 16.9. The number of hydrogen-bond acceptors (Lipinski definition) is 11. The average Bonchev–Trinajstić information content (AvgIpc) is 3.36. The molecule has 0 aliphatic heterocycles. The Labute approximate surface area is 509 Å². The fourth-order valence-corrected chi connectivity index (χ4v) is 4.12. The Kier molecular flexibility index (Phi) is 63.9. The van der Waals surface area contributed by atoms with Gasteiger partial charge in [0, 0.05) is 76.7 Å². The largest absolute Gasteiger partial charge is 0.409 e. The van der Waals surface area contributed by atoms with Crippen LogP contribution >= 0.6 is 27.5 Å². The molecule has 1 N–H and O–H groups in total. The number of Topliss-reactive ketones (excluding diaryl/α,β-unsaturated/α-hetero) is 2. The van der Waals surface area contributed by atoms with Crippen LogP contribution in [0.5, 0.6) is 0 Å². The molecule has 11 nitrogen and oxygen atoms in total. The maximum absolute atomic E-state index is 12.0. The fourth-order valence-electron chi connectivity index (χ4n) is 3.84. The molecule has 0 saturated heterocycles. The molecule has 0 aromatic carbocycles. The van der Waals surface area contributed by atoms with Gasteiger partial charge in [-0.25, -0.2) is 8.78 Å². The SMILES string of the molecule is C=C(F)C(=O)C(C)(C)C.C=CC(=O)C(C)(C)C.CC(C)C(=O)/C=C/C(F)(F)F.CC(C)C(=O)/C=C/CBr.CC(C)C(=O)/C=C/CCl.CC(C)C(=O)/C=C/CF.CC(C)C(=O)/C=C/CO.CC(C)C(=O)C1=CCC1.COC/C=C/C(=O)C(C)C. The smallest absolute Gasteiger partial charge is 0.392 e. The highest BCUT2D eigenvalue weighted by Gasteiger charge is 2.24. The van der Waals surface area contributed by atoms with Crippen molar-refractivity contribution >= 4 is 79.6 Å². The van der Waals surface area contributed by atoms with E-state index < -0.39 is 35.7 Å². The molecule has 0 heterocycles. The zero-order valence-corrected chi connectivity index (χ0v) is 56.0. The molecule has 0 bridgehead atoms. The number of hydrogen-bond donors (Lipinski definition) is 1. The van der Waals surface area contributed by atoms with Crippen molar-refractivity contribution in [2.75, 3.05) is 38.2 Å². The highest BCUT2D eigenvalue weighted by Crippen LogP contribution is 2.22. The summed E-state index contributed by atoms with van der Waals surface area (Å²) in [5.41, 5.74) is 0.165. The molecule has 1 aliphatic carbocycles. The fraction of sp³-hybridized carbons (Fsp3) is 0.585. The van der Waals surface area contributed by atoms with Gasteiger partial charge in [0.25, 0.3) is 0 Å². The quantitative estimate of drug-likeness (QED) is 0.0618. The van der Waals surface area contributed by atoms with Crippen LogP contribution in [0, 0.1) is 52.3 Å². The number of rotatable bonds is 22. The second-order valence-electron chi connectivity index (χ2n) is 21.9. The van der Waals surface area contributed by atoms with Crippen LogP contribution in [0.15, 0.2) is 110 Å². The summed E-state index contributed by atoms with van der Waals surface area (Å²) >= 11 is 8.50. The summed E-state index contributed by atoms with van der Waals surface area (Å²) < 4.78 is 62.5. The van der Waals surface area contributed by atoms with Crippen molar-refractivity contribution in [3.05, 3.63) is 110 Å². The lowest BCUT2D eigenvalue weighted by Gasteiger charge is -2.14. The number of aliphatic hydroxyl groups excluding tert-OH is 1. The highest BCUT2D eigenvalue weighted by molar-refractivity contribution is 9.09. The van der Waals surface area contributed by atoms with Crippen LogP contribution in [-0.2, 0) is 47.9 Å². The summed E-state index contributed by atoms with van der Waals surface area (Å²) in [7, 11) is 1.60. The third-order valence-corrected chi connectivity index (χ3v) is 9.95. The molecule has 0 atom stereocenters. The Hall–Kier alpha value is -4.97. The summed E-state index contributed by atoms with van der Waals surface area (Å²) in [5, 5.41) is 9.01. The van der Waals surface area contributed by atoms with E-state index in [9.17, 15) is 65.1 Å². The minimum Gasteiger partial charge on any atom is -0.392 e. The first-order valence-corrected chi connectivity index (χ1v) is 28.8. The van der Waals surface area contributed by atoms with Crippen LogP contribution in [0.2, 0.25) is 0 Å². The minimum atomic E-state index is -4.38. The molecule has 0 fully saturated rings. The van der Waals surface area contributed by atoms with Crippen molar-refractivity contribution in [1.82, 2.24) is 0 Å². The third kappa shape index (κ3) is 71.2. The summed E-state index contributed by atoms with van der Waals surface area (Å²) in [6, 6.07) is 0. The average molecular weight is 1270 g/mol. The first kappa shape index (κ1) is 94.4. The van der Waals surface area contributed by atoms with Gasteiger partial charge >= 0.3 is 6.18 Å². The number of alkyl halides is 6. The van der Waals surface area contributed by atoms with Gasteiger partial charge < -0.3 is 9.84 Å². The van der Waals surface area contributed by atoms with Crippen molar-refractivity contribution < 1.29 is 74.9 Å². The van der Waals surface area contributed by atoms with Crippen molar-refractivity contribution in [3.63, 3.8) is 0 Å². The van der Waals surface area contributed by atoms with Gasteiger partial charge in [-0.1, -0.05) is 204 Å². The van der Waals surface area contributed by atoms with Crippen LogP contribution in [0.1, 0.15) is 151 Å². The summed E-state index contributed by atoms with van der Waals surface area (Å²) in [6.45, 7) is 42.2. The van der Waals surface area contributed by atoms with Crippen molar-refractivity contribution in [1.29, 1.82) is 0 Å². The van der Waals surface area contributed by atoms with E-state index in [1.54, 1.807) is 79.9 Å². The van der Waals surface area contributed by atoms with Gasteiger partial charge in [-0.2, -0.15) is 13.2 Å². The number of allylic oxidation sites excluding steroid dienone is 14. The van der Waals surface area contributed by atoms with Gasteiger partial charge in [-0.3, -0.25) is 43.2 Å². The molecule has 0 radical (unpaired) electrons. The van der Waals surface area contributed by atoms with Crippen LogP contribution in [0.3, 0.4) is 0 Å². The number of carbonyl (C=O) groups is 9. The zero-order chi connectivity index (χ0) is 67.4. The van der Waals surface area contributed by atoms with Crippen LogP contribution < -0.4 is 0 Å². The van der Waals surface area contributed by atoms with E-state index in [4.69, 9.17) is 21.4 Å². The predicted octanol–water partition coefficient (Wildman–Crippen LogP) is 16.2. The minimum absolute atomic E-state index is 0.0206. The van der Waals surface area contributed by atoms with E-state index in [1.165, 1.54) is 36.5 Å². The second kappa shape index (κ2) is 56.2. The van der Waals surface area contributed by atoms with E-state index in [0.29, 0.717) is 24.3 Å². The topological polar surface area (TPSA) is 183 Å². The summed E-state index contributed by atoms with van der Waals surface area (Å²) in [5.74, 6) is -0.410. The van der Waals surface area contributed by atoms with Crippen LogP contribution in [-0.4, -0.2) is 102 Å². The molecule has 0 aromatic rings. The normalized spacial score (nSPS) is 12.0. The lowest BCUT2D eigenvalue weighted by molar-refractivity contribution is -0.124. The van der Waals surface area contributed by atoms with Gasteiger partial charge in [-0.05, 0) is 60.9 Å². The first-order valence-electron chi connectivity index (χ1n) is 27.2. The molecular weight excluding hydrogens is 1170 g/mol. The number of halogens is 7. The number of aliphatic hydroxyl groups is 1. The molecule has 1 aliphatic rings. The van der Waals surface area contributed by atoms with E-state index in [-0.39, 0.29) is 94.2 Å². The molecule has 478 valence electrons. The second-order valence-corrected chi connectivity index (χ2v) is 22.9. The van der Waals surface area contributed by atoms with Gasteiger partial charge in [-0.15, -0.1) is 11.6 Å². The first-order chi connectivity index (χ1) is 37.8. The van der Waals surface area contributed by atoms with Crippen LogP contribution in [0.25, 0.3) is 0 Å². The monoisotopic (exact) mass is 1270 g/mol. The standard InChI is InChI=1S/C8H14O2.C8H12O.C7H11BrO.C7H11ClO.C7H9F3O.2C7H11FO.C7H12O2.C7H12O/c1-7(2)8(9)5-4-6-10-3;1-6(2)8(9)7-4-3-5-7;2*1-6(2)7(9)4-3-5-8;1-5(2)6(11)3-4-7(8,9)10;1-5(8)6(9)7(2,3)4;2*1-6(2)7(9)4-3-5-8;1-5-6(8)7(2,3)4/h4-5,7H,6H2,1-3H3;4,6H,3,5H2,1-2H3;2*3-4,6H,5H2,1-2H3;3-5H,1-2H3;1H2,2-4H3;3-4,6H,5H2,1-2H3;3-4,6,8H,5H2,1-2H3;5H,1H2,2-4H3/b5-4+;;3*4-3+;;2*4-3+;. The third-order valence-electron chi connectivity index (χ3n) is 9.39. The van der Waals surface area contributed by atoms with E-state index in [1.807, 2.05) is 102 Å². The molecular formula is C65H103BrClF5O11. The molecule has 0 saturated carbocycles. The van der Waals surface area contributed by atoms with Crippen molar-refractivity contribution in [3.8, 4) is 0 Å². The molecule has 0 amide bonds. The molecule has 1 rings (SSSR count). The Morgan fingerprint density at radius 3 is 1.13 bits per heavy atom. The maximum atomic E-state index is 12.0. The highest BCUT2D eigenvalue weighted by atomic mass is 79.9. The Balaban J connectivity index is -0.000000127. The van der Waals surface area contributed by atoms with Gasteiger partial charge in [0.1, 0.15) is 6.67 Å². The Morgan fingerprint density at radius 2 is 0.940 bits per heavy atom. The number of carbonyl (C=O) groups excluding carboxylic acids is 9.